The van der Waals surface area contributed by atoms with Crippen LogP contribution in [-0.4, -0.2) is 37.2 Å². The topological polar surface area (TPSA) is 78.9 Å². The monoisotopic (exact) mass is 877 g/mol. The van der Waals surface area contributed by atoms with Crippen molar-refractivity contribution in [3.63, 3.8) is 0 Å². The van der Waals surface area contributed by atoms with E-state index in [1.807, 2.05) is 0 Å². The molecule has 0 N–H and O–H groups in total. The maximum absolute atomic E-state index is 12.8. The van der Waals surface area contributed by atoms with Crippen LogP contribution in [0.25, 0.3) is 0 Å². The Bertz CT molecular complexity index is 962. The smallest absolute Gasteiger partial charge is 0.306 e. The second-order valence-corrected chi connectivity index (χ2v) is 20.4. The quantitative estimate of drug-likeness (QED) is 0.0344. The first kappa shape index (κ1) is 60.4. The Morgan fingerprint density at radius 2 is 0.565 bits per heavy atom. The normalized spacial score (nSPS) is 12.6. The number of esters is 3. The molecular weight excluding hydrogens is 769 g/mol. The van der Waals surface area contributed by atoms with Crippen molar-refractivity contribution in [2.45, 2.75) is 311 Å². The van der Waals surface area contributed by atoms with Gasteiger partial charge in [-0.15, -0.1) is 0 Å². The highest BCUT2D eigenvalue weighted by Crippen LogP contribution is 2.18. The fraction of sp³-hybridized carbons (Fsp3) is 0.946. The number of hydrogen-bond donors (Lipinski definition) is 0. The maximum atomic E-state index is 12.8. The van der Waals surface area contributed by atoms with E-state index in [0.717, 1.165) is 75.5 Å². The number of unbranched alkanes of at least 4 members (excludes halogenated alkanes) is 31. The van der Waals surface area contributed by atoms with Crippen LogP contribution in [0.5, 0.6) is 0 Å². The molecule has 0 rings (SSSR count). The fourth-order valence-electron chi connectivity index (χ4n) is 8.44. The number of ether oxygens (including phenoxy) is 3. The van der Waals surface area contributed by atoms with Crippen LogP contribution in [0.1, 0.15) is 305 Å². The molecule has 2 atom stereocenters. The van der Waals surface area contributed by atoms with Crippen LogP contribution in [0.3, 0.4) is 0 Å². The lowest BCUT2D eigenvalue weighted by Gasteiger charge is -2.18. The predicted octanol–water partition coefficient (Wildman–Crippen LogP) is 17.9. The summed E-state index contributed by atoms with van der Waals surface area (Å²) in [5.74, 6) is 1.68. The summed E-state index contributed by atoms with van der Waals surface area (Å²) in [6, 6.07) is 0. The van der Waals surface area contributed by atoms with E-state index in [9.17, 15) is 14.4 Å². The number of hydrogen-bond acceptors (Lipinski definition) is 6. The van der Waals surface area contributed by atoms with E-state index in [-0.39, 0.29) is 31.1 Å². The largest absolute Gasteiger partial charge is 0.462 e. The van der Waals surface area contributed by atoms with E-state index >= 15 is 0 Å². The molecule has 0 aliphatic carbocycles. The second kappa shape index (κ2) is 47.4. The van der Waals surface area contributed by atoms with Crippen LogP contribution >= 0.6 is 0 Å². The molecule has 368 valence electrons. The Balaban J connectivity index is 4.30. The molecule has 0 radical (unpaired) electrons. The maximum Gasteiger partial charge on any atom is 0.306 e. The third kappa shape index (κ3) is 47.9. The van der Waals surface area contributed by atoms with Crippen LogP contribution in [0.2, 0.25) is 0 Å². The first-order chi connectivity index (χ1) is 30.1. The van der Waals surface area contributed by atoms with Gasteiger partial charge < -0.3 is 14.2 Å². The van der Waals surface area contributed by atoms with E-state index in [4.69, 9.17) is 14.2 Å². The molecule has 6 heteroatoms. The molecule has 0 bridgehead atoms. The van der Waals surface area contributed by atoms with Gasteiger partial charge in [0.1, 0.15) is 13.2 Å². The molecular formula is C56H108O6. The van der Waals surface area contributed by atoms with Crippen molar-refractivity contribution in [1.29, 1.82) is 0 Å². The molecule has 62 heavy (non-hydrogen) atoms. The van der Waals surface area contributed by atoms with Crippen LogP contribution in [0.15, 0.2) is 0 Å². The van der Waals surface area contributed by atoms with E-state index < -0.39 is 6.10 Å². The predicted molar refractivity (Wildman–Crippen MR) is 266 cm³/mol. The third-order valence-corrected chi connectivity index (χ3v) is 13.0. The molecule has 0 saturated heterocycles. The molecule has 1 unspecified atom stereocenters. The molecule has 0 aromatic rings. The molecule has 6 nitrogen and oxygen atoms in total. The molecule has 0 fully saturated rings. The molecule has 0 heterocycles. The van der Waals surface area contributed by atoms with E-state index in [2.05, 4.69) is 41.5 Å². The summed E-state index contributed by atoms with van der Waals surface area (Å²) in [5, 5.41) is 0. The van der Waals surface area contributed by atoms with Crippen LogP contribution < -0.4 is 0 Å². The lowest BCUT2D eigenvalue weighted by Crippen LogP contribution is -2.30. The van der Waals surface area contributed by atoms with Gasteiger partial charge in [-0.05, 0) is 37.0 Å². The Morgan fingerprint density at radius 1 is 0.323 bits per heavy atom. The second-order valence-electron chi connectivity index (χ2n) is 20.4. The SMILES string of the molecule is CCC(C)CCCCCCCCCCCCCCCCC(=O)O[C@H](COC(=O)CCCCCCCCCCCCCC(C)C)COC(=O)CCCCCCCCCCCC(C)C. The average Bonchev–Trinajstić information content (AvgIpc) is 3.24. The lowest BCUT2D eigenvalue weighted by molar-refractivity contribution is -0.167. The average molecular weight is 877 g/mol. The molecule has 0 aromatic heterocycles. The van der Waals surface area contributed by atoms with E-state index in [1.54, 1.807) is 0 Å². The zero-order valence-electron chi connectivity index (χ0n) is 42.7. The summed E-state index contributed by atoms with van der Waals surface area (Å²) >= 11 is 0. The molecule has 0 aliphatic rings. The van der Waals surface area contributed by atoms with E-state index in [1.165, 1.54) is 186 Å². The van der Waals surface area contributed by atoms with Crippen molar-refractivity contribution in [2.24, 2.45) is 17.8 Å². The minimum atomic E-state index is -0.763. The van der Waals surface area contributed by atoms with Crippen LogP contribution in [-0.2, 0) is 28.6 Å². The standard InChI is InChI=1S/C56H108O6/c1-7-52(6)44-38-32-26-20-14-10-8-9-11-15-22-29-35-41-47-56(59)62-53(49-61-55(58)46-40-34-28-23-17-19-25-31-37-43-51(4)5)48-60-54(57)45-39-33-27-21-16-12-13-18-24-30-36-42-50(2)3/h50-53H,7-49H2,1-6H3/t52?,53-/m1/s1. The first-order valence-electron chi connectivity index (χ1n) is 27.6. The van der Waals surface area contributed by atoms with Crippen molar-refractivity contribution < 1.29 is 28.6 Å². The van der Waals surface area contributed by atoms with Crippen molar-refractivity contribution >= 4 is 17.9 Å². The van der Waals surface area contributed by atoms with Gasteiger partial charge >= 0.3 is 17.9 Å². The van der Waals surface area contributed by atoms with Crippen molar-refractivity contribution in [3.8, 4) is 0 Å². The van der Waals surface area contributed by atoms with Crippen LogP contribution in [0.4, 0.5) is 0 Å². The minimum absolute atomic E-state index is 0.0643. The zero-order valence-corrected chi connectivity index (χ0v) is 42.7. The fourth-order valence-corrected chi connectivity index (χ4v) is 8.44. The lowest BCUT2D eigenvalue weighted by atomic mass is 9.99. The van der Waals surface area contributed by atoms with Crippen LogP contribution in [0, 0.1) is 17.8 Å². The van der Waals surface area contributed by atoms with Gasteiger partial charge in [0.25, 0.3) is 0 Å². The van der Waals surface area contributed by atoms with Crippen molar-refractivity contribution in [2.75, 3.05) is 13.2 Å². The van der Waals surface area contributed by atoms with Gasteiger partial charge in [0.05, 0.1) is 0 Å². The highest BCUT2D eigenvalue weighted by Gasteiger charge is 2.19. The Morgan fingerprint density at radius 3 is 0.839 bits per heavy atom. The van der Waals surface area contributed by atoms with Gasteiger partial charge in [-0.3, -0.25) is 14.4 Å². The van der Waals surface area contributed by atoms with Crippen molar-refractivity contribution in [1.82, 2.24) is 0 Å². The molecule has 0 saturated carbocycles. The summed E-state index contributed by atoms with van der Waals surface area (Å²) in [7, 11) is 0. The first-order valence-corrected chi connectivity index (χ1v) is 27.6. The summed E-state index contributed by atoms with van der Waals surface area (Å²) in [4.78, 5) is 38.0. The van der Waals surface area contributed by atoms with Gasteiger partial charge in [-0.25, -0.2) is 0 Å². The number of carbonyl (C=O) groups excluding carboxylic acids is 3. The summed E-state index contributed by atoms with van der Waals surface area (Å²) in [6.45, 7) is 13.8. The molecule has 0 amide bonds. The highest BCUT2D eigenvalue weighted by molar-refractivity contribution is 5.71. The Hall–Kier alpha value is -1.59. The van der Waals surface area contributed by atoms with Gasteiger partial charge in [-0.1, -0.05) is 266 Å². The Labute approximate surface area is 387 Å². The van der Waals surface area contributed by atoms with Gasteiger partial charge in [-0.2, -0.15) is 0 Å². The summed E-state index contributed by atoms with van der Waals surface area (Å²) in [5.41, 5.74) is 0. The van der Waals surface area contributed by atoms with E-state index in [0.29, 0.717) is 19.3 Å². The third-order valence-electron chi connectivity index (χ3n) is 13.0. The molecule has 0 spiro atoms. The minimum Gasteiger partial charge on any atom is -0.462 e. The highest BCUT2D eigenvalue weighted by atomic mass is 16.6. The molecule has 0 aliphatic heterocycles. The zero-order chi connectivity index (χ0) is 45.6. The van der Waals surface area contributed by atoms with Crippen molar-refractivity contribution in [3.05, 3.63) is 0 Å². The number of carbonyl (C=O) groups is 3. The molecule has 0 aromatic carbocycles. The van der Waals surface area contributed by atoms with Gasteiger partial charge in [0.2, 0.25) is 0 Å². The summed E-state index contributed by atoms with van der Waals surface area (Å²) < 4.78 is 16.9. The Kier molecular flexibility index (Phi) is 46.2. The summed E-state index contributed by atoms with van der Waals surface area (Å²) in [6.07, 6.45) is 48.0. The van der Waals surface area contributed by atoms with Gasteiger partial charge in [0.15, 0.2) is 6.10 Å². The van der Waals surface area contributed by atoms with Gasteiger partial charge in [0, 0.05) is 19.3 Å². The number of rotatable bonds is 49.